The number of hydrogen-bond acceptors (Lipinski definition) is 4. The molecule has 2 N–H and O–H groups in total. The lowest BCUT2D eigenvalue weighted by atomic mass is 9.85. The second kappa shape index (κ2) is 5.05. The van der Waals surface area contributed by atoms with Crippen LogP contribution in [0.2, 0.25) is 0 Å². The lowest BCUT2D eigenvalue weighted by Gasteiger charge is -2.34. The van der Waals surface area contributed by atoms with Gasteiger partial charge >= 0.3 is 0 Å². The van der Waals surface area contributed by atoms with Crippen molar-refractivity contribution in [3.05, 3.63) is 0 Å². The van der Waals surface area contributed by atoms with E-state index in [0.717, 1.165) is 13.1 Å². The first-order valence-corrected chi connectivity index (χ1v) is 7.80. The van der Waals surface area contributed by atoms with Crippen molar-refractivity contribution < 1.29 is 13.2 Å². The van der Waals surface area contributed by atoms with Crippen LogP contribution < -0.4 is 10.0 Å². The molecule has 2 fully saturated rings. The largest absolute Gasteiger partial charge is 0.383 e. The van der Waals surface area contributed by atoms with Crippen LogP contribution in [0.3, 0.4) is 0 Å². The first-order chi connectivity index (χ1) is 8.39. The molecule has 0 spiro atoms. The number of nitrogens with one attached hydrogen (secondary N) is 2. The molecular formula is C11H23N3O3S. The van der Waals surface area contributed by atoms with E-state index in [4.69, 9.17) is 4.74 Å². The van der Waals surface area contributed by atoms with Gasteiger partial charge in [-0.2, -0.15) is 17.4 Å². The summed E-state index contributed by atoms with van der Waals surface area (Å²) in [6.45, 7) is 7.16. The predicted octanol–water partition coefficient (Wildman–Crippen LogP) is -0.603. The molecule has 0 saturated carbocycles. The molecule has 0 aromatic carbocycles. The molecule has 2 saturated heterocycles. The van der Waals surface area contributed by atoms with Gasteiger partial charge in [0.25, 0.3) is 10.2 Å². The standard InChI is InChI=1S/C11H23N3O3S/c1-11(2)10-7-12-6-9(10)8-14(11)18(15,16)13-4-5-17-3/h9-10,12-13H,4-8H2,1-3H3. The van der Waals surface area contributed by atoms with Gasteiger partial charge in [-0.15, -0.1) is 0 Å². The third-order valence-electron chi connectivity index (χ3n) is 4.17. The van der Waals surface area contributed by atoms with E-state index < -0.39 is 10.2 Å². The molecule has 0 aliphatic carbocycles. The number of methoxy groups -OCH3 is 1. The number of hydrogen-bond donors (Lipinski definition) is 2. The molecule has 2 aliphatic rings. The lowest BCUT2D eigenvalue weighted by Crippen LogP contribution is -2.52. The second-order valence-corrected chi connectivity index (χ2v) is 7.28. The van der Waals surface area contributed by atoms with Crippen LogP contribution in [0, 0.1) is 11.8 Å². The van der Waals surface area contributed by atoms with Crippen molar-refractivity contribution in [3.63, 3.8) is 0 Å². The Morgan fingerprint density at radius 2 is 2.17 bits per heavy atom. The first-order valence-electron chi connectivity index (χ1n) is 6.36. The van der Waals surface area contributed by atoms with Crippen molar-refractivity contribution in [3.8, 4) is 0 Å². The Morgan fingerprint density at radius 1 is 1.44 bits per heavy atom. The van der Waals surface area contributed by atoms with Gasteiger partial charge in [0.1, 0.15) is 0 Å². The zero-order valence-corrected chi connectivity index (χ0v) is 12.1. The van der Waals surface area contributed by atoms with Gasteiger partial charge in [-0.25, -0.2) is 0 Å². The molecule has 0 bridgehead atoms. The number of rotatable bonds is 5. The fraction of sp³-hybridized carbons (Fsp3) is 1.00. The summed E-state index contributed by atoms with van der Waals surface area (Å²) in [5.41, 5.74) is -0.326. The summed E-state index contributed by atoms with van der Waals surface area (Å²) in [5.74, 6) is 0.829. The topological polar surface area (TPSA) is 70.7 Å². The molecule has 0 aromatic heterocycles. The molecule has 18 heavy (non-hydrogen) atoms. The number of fused-ring (bicyclic) bond motifs is 1. The minimum atomic E-state index is -3.41. The molecule has 0 radical (unpaired) electrons. The van der Waals surface area contributed by atoms with E-state index in [-0.39, 0.29) is 5.54 Å². The van der Waals surface area contributed by atoms with E-state index in [1.54, 1.807) is 11.4 Å². The maximum Gasteiger partial charge on any atom is 0.280 e. The zero-order chi connectivity index (χ0) is 13.4. The highest BCUT2D eigenvalue weighted by molar-refractivity contribution is 7.87. The van der Waals surface area contributed by atoms with Gasteiger partial charge in [-0.05, 0) is 32.2 Å². The first kappa shape index (κ1) is 14.2. The van der Waals surface area contributed by atoms with Crippen molar-refractivity contribution >= 4 is 10.2 Å². The number of ether oxygens (including phenoxy) is 1. The highest BCUT2D eigenvalue weighted by Crippen LogP contribution is 2.41. The number of nitrogens with zero attached hydrogens (tertiary/aromatic N) is 1. The van der Waals surface area contributed by atoms with Crippen molar-refractivity contribution in [1.29, 1.82) is 0 Å². The summed E-state index contributed by atoms with van der Waals surface area (Å²) in [6, 6.07) is 0. The minimum absolute atomic E-state index is 0.318. The molecule has 2 atom stereocenters. The summed E-state index contributed by atoms with van der Waals surface area (Å²) >= 11 is 0. The van der Waals surface area contributed by atoms with Crippen molar-refractivity contribution in [2.45, 2.75) is 19.4 Å². The normalized spacial score (nSPS) is 31.7. The summed E-state index contributed by atoms with van der Waals surface area (Å²) in [4.78, 5) is 0. The van der Waals surface area contributed by atoms with Crippen LogP contribution in [-0.4, -0.2) is 58.2 Å². The smallest absolute Gasteiger partial charge is 0.280 e. The van der Waals surface area contributed by atoms with Crippen LogP contribution in [-0.2, 0) is 14.9 Å². The molecule has 2 aliphatic heterocycles. The molecule has 0 amide bonds. The average molecular weight is 277 g/mol. The Balaban J connectivity index is 2.09. The van der Waals surface area contributed by atoms with E-state index >= 15 is 0 Å². The summed E-state index contributed by atoms with van der Waals surface area (Å²) in [5, 5.41) is 3.34. The Bertz CT molecular complexity index is 396. The quantitative estimate of drug-likeness (QED) is 0.658. The Labute approximate surface area is 109 Å². The molecular weight excluding hydrogens is 254 g/mol. The van der Waals surface area contributed by atoms with Crippen molar-refractivity contribution in [2.24, 2.45) is 11.8 Å². The van der Waals surface area contributed by atoms with Gasteiger partial charge in [0, 0.05) is 32.3 Å². The van der Waals surface area contributed by atoms with Gasteiger partial charge in [-0.1, -0.05) is 0 Å². The Kier molecular flexibility index (Phi) is 3.99. The second-order valence-electron chi connectivity index (χ2n) is 5.60. The summed E-state index contributed by atoms with van der Waals surface area (Å²) < 4.78 is 33.7. The fourth-order valence-electron chi connectivity index (χ4n) is 3.14. The van der Waals surface area contributed by atoms with Crippen LogP contribution in [0.15, 0.2) is 0 Å². The molecule has 0 aromatic rings. The van der Waals surface area contributed by atoms with E-state index in [2.05, 4.69) is 10.0 Å². The van der Waals surface area contributed by atoms with Gasteiger partial charge in [-0.3, -0.25) is 0 Å². The average Bonchev–Trinajstić information content (AvgIpc) is 2.82. The molecule has 6 nitrogen and oxygen atoms in total. The predicted molar refractivity (Wildman–Crippen MR) is 69.4 cm³/mol. The van der Waals surface area contributed by atoms with E-state index in [1.165, 1.54) is 0 Å². The van der Waals surface area contributed by atoms with Gasteiger partial charge in [0.2, 0.25) is 0 Å². The Morgan fingerprint density at radius 3 is 2.78 bits per heavy atom. The van der Waals surface area contributed by atoms with E-state index in [0.29, 0.717) is 31.5 Å². The van der Waals surface area contributed by atoms with Crippen LogP contribution in [0.5, 0.6) is 0 Å². The van der Waals surface area contributed by atoms with Crippen LogP contribution in [0.25, 0.3) is 0 Å². The van der Waals surface area contributed by atoms with Crippen molar-refractivity contribution in [2.75, 3.05) is 39.9 Å². The molecule has 106 valence electrons. The molecule has 2 heterocycles. The SMILES string of the molecule is COCCNS(=O)(=O)N1CC2CNCC2C1(C)C. The zero-order valence-electron chi connectivity index (χ0n) is 11.3. The van der Waals surface area contributed by atoms with E-state index in [9.17, 15) is 8.42 Å². The lowest BCUT2D eigenvalue weighted by molar-refractivity contribution is 0.200. The van der Waals surface area contributed by atoms with Crippen molar-refractivity contribution in [1.82, 2.24) is 14.3 Å². The van der Waals surface area contributed by atoms with Gasteiger partial charge in [0.15, 0.2) is 0 Å². The third kappa shape index (κ3) is 2.42. The Hall–Kier alpha value is -0.210. The van der Waals surface area contributed by atoms with Crippen LogP contribution >= 0.6 is 0 Å². The monoisotopic (exact) mass is 277 g/mol. The fourth-order valence-corrected chi connectivity index (χ4v) is 4.78. The highest BCUT2D eigenvalue weighted by atomic mass is 32.2. The summed E-state index contributed by atoms with van der Waals surface area (Å²) in [6.07, 6.45) is 0. The van der Waals surface area contributed by atoms with Crippen LogP contribution in [0.1, 0.15) is 13.8 Å². The summed E-state index contributed by atoms with van der Waals surface area (Å²) in [7, 11) is -1.85. The minimum Gasteiger partial charge on any atom is -0.383 e. The van der Waals surface area contributed by atoms with E-state index in [1.807, 2.05) is 13.8 Å². The molecule has 2 rings (SSSR count). The molecule has 7 heteroatoms. The highest BCUT2D eigenvalue weighted by Gasteiger charge is 2.53. The van der Waals surface area contributed by atoms with Crippen LogP contribution in [0.4, 0.5) is 0 Å². The van der Waals surface area contributed by atoms with Gasteiger partial charge in [0.05, 0.1) is 6.61 Å². The van der Waals surface area contributed by atoms with Gasteiger partial charge < -0.3 is 10.1 Å². The maximum absolute atomic E-state index is 12.3. The molecule has 2 unspecified atom stereocenters. The third-order valence-corrected chi connectivity index (χ3v) is 5.94. The maximum atomic E-state index is 12.3.